The van der Waals surface area contributed by atoms with Crippen molar-refractivity contribution in [1.29, 1.82) is 0 Å². The van der Waals surface area contributed by atoms with Crippen molar-refractivity contribution < 1.29 is 18.7 Å². The van der Waals surface area contributed by atoms with Gasteiger partial charge in [0.15, 0.2) is 16.6 Å². The third kappa shape index (κ3) is 3.61. The molecule has 2 aliphatic rings. The van der Waals surface area contributed by atoms with E-state index in [0.29, 0.717) is 54.1 Å². The number of nitrogens with zero attached hydrogens (tertiary/aromatic N) is 6. The van der Waals surface area contributed by atoms with Crippen LogP contribution in [0.4, 0.5) is 10.2 Å². The molecule has 2 aromatic heterocycles. The van der Waals surface area contributed by atoms with Crippen LogP contribution in [0.1, 0.15) is 41.3 Å². The van der Waals surface area contributed by atoms with Crippen LogP contribution in [-0.4, -0.2) is 61.9 Å². The Morgan fingerprint density at radius 1 is 1.18 bits per heavy atom. The van der Waals surface area contributed by atoms with Gasteiger partial charge in [-0.05, 0) is 49.6 Å². The largest absolute Gasteiger partial charge is 0.372 e. The second-order valence-electron chi connectivity index (χ2n) is 8.13. The average Bonchev–Trinajstić information content (AvgIpc) is 3.50. The molecule has 33 heavy (non-hydrogen) atoms. The second-order valence-corrected chi connectivity index (χ2v) is 8.88. The predicted molar refractivity (Wildman–Crippen MR) is 119 cm³/mol. The number of anilines is 1. The van der Waals surface area contributed by atoms with Gasteiger partial charge in [-0.1, -0.05) is 0 Å². The van der Waals surface area contributed by atoms with Crippen LogP contribution >= 0.6 is 11.5 Å². The highest BCUT2D eigenvalue weighted by atomic mass is 32.1. The fourth-order valence-corrected chi connectivity index (χ4v) is 5.18. The monoisotopic (exact) mass is 470 g/mol. The van der Waals surface area contributed by atoms with E-state index in [0.717, 1.165) is 5.69 Å². The summed E-state index contributed by atoms with van der Waals surface area (Å²) in [6, 6.07) is 5.16. The van der Waals surface area contributed by atoms with E-state index in [9.17, 15) is 14.0 Å². The van der Waals surface area contributed by atoms with Gasteiger partial charge in [0, 0.05) is 38.7 Å². The summed E-state index contributed by atoms with van der Waals surface area (Å²) in [4.78, 5) is 38.9. The third-order valence-electron chi connectivity index (χ3n) is 6.18. The minimum Gasteiger partial charge on any atom is -0.372 e. The molecule has 0 radical (unpaired) electrons. The van der Waals surface area contributed by atoms with Gasteiger partial charge in [0.2, 0.25) is 0 Å². The van der Waals surface area contributed by atoms with Crippen molar-refractivity contribution in [2.24, 2.45) is 0 Å². The van der Waals surface area contributed by atoms with Crippen molar-refractivity contribution >= 4 is 29.2 Å². The van der Waals surface area contributed by atoms with E-state index in [2.05, 4.69) is 9.36 Å². The minimum absolute atomic E-state index is 0.146. The van der Waals surface area contributed by atoms with E-state index in [4.69, 9.17) is 9.72 Å². The number of carbonyl (C=O) groups is 2. The maximum atomic E-state index is 13.4. The second kappa shape index (κ2) is 8.31. The van der Waals surface area contributed by atoms with Gasteiger partial charge in [0.05, 0.1) is 11.7 Å². The van der Waals surface area contributed by atoms with Gasteiger partial charge in [-0.3, -0.25) is 14.5 Å². The smallest absolute Gasteiger partial charge is 0.257 e. The lowest BCUT2D eigenvalue weighted by atomic mass is 10.1. The van der Waals surface area contributed by atoms with Gasteiger partial charge in [-0.15, -0.1) is 0 Å². The Morgan fingerprint density at radius 3 is 2.58 bits per heavy atom. The number of rotatable bonds is 4. The van der Waals surface area contributed by atoms with Crippen LogP contribution in [0.2, 0.25) is 0 Å². The van der Waals surface area contributed by atoms with Crippen LogP contribution in [0.5, 0.6) is 0 Å². The Bertz CT molecular complexity index is 1220. The van der Waals surface area contributed by atoms with Crippen LogP contribution in [0.3, 0.4) is 0 Å². The molecule has 3 aromatic rings. The molecule has 4 heterocycles. The molecule has 0 saturated carbocycles. The van der Waals surface area contributed by atoms with Crippen LogP contribution in [-0.2, 0) is 16.1 Å². The van der Waals surface area contributed by atoms with Crippen molar-refractivity contribution in [3.8, 4) is 10.8 Å². The number of ether oxygens (including phenoxy) is 1. The van der Waals surface area contributed by atoms with Gasteiger partial charge in [-0.25, -0.2) is 14.4 Å². The summed E-state index contributed by atoms with van der Waals surface area (Å²) in [5.74, 6) is 1.08. The quantitative estimate of drug-likeness (QED) is 0.582. The van der Waals surface area contributed by atoms with Gasteiger partial charge in [0.1, 0.15) is 17.7 Å². The predicted octanol–water partition coefficient (Wildman–Crippen LogP) is 2.82. The van der Waals surface area contributed by atoms with Crippen molar-refractivity contribution in [3.63, 3.8) is 0 Å². The Balaban J connectivity index is 1.58. The van der Waals surface area contributed by atoms with Gasteiger partial charge in [-0.2, -0.15) is 4.37 Å². The fourth-order valence-electron chi connectivity index (χ4n) is 4.51. The molecule has 172 valence electrons. The summed E-state index contributed by atoms with van der Waals surface area (Å²) in [5.41, 5.74) is 1.18. The molecule has 2 aliphatic heterocycles. The standard InChI is InChI=1S/C22H23FN6O3S/c1-12-17-18(29-9-8-16(32-3)22(29)31)25-19(20-24-13(2)26-33-20)28(17)11-10-27(12)21(30)14-4-6-15(23)7-5-14/h4-7,12,16H,8-11H2,1-3H3/t12-,16-/m1/s1. The lowest BCUT2D eigenvalue weighted by Crippen LogP contribution is -2.42. The van der Waals surface area contributed by atoms with Crippen molar-refractivity contribution in [3.05, 3.63) is 47.2 Å². The molecule has 9 nitrogen and oxygen atoms in total. The molecule has 2 atom stereocenters. The average molecular weight is 471 g/mol. The van der Waals surface area contributed by atoms with Crippen LogP contribution in [0.25, 0.3) is 10.8 Å². The SMILES string of the molecule is CO[C@@H]1CCN(c2nc(-c3nc(C)ns3)n3c2[C@@H](C)N(C(=O)c2ccc(F)cc2)CC3)C1=O. The zero-order valence-corrected chi connectivity index (χ0v) is 19.3. The minimum atomic E-state index is -0.509. The van der Waals surface area contributed by atoms with E-state index in [-0.39, 0.29) is 17.9 Å². The van der Waals surface area contributed by atoms with E-state index in [1.165, 1.54) is 42.9 Å². The number of halogens is 1. The zero-order chi connectivity index (χ0) is 23.3. The molecule has 11 heteroatoms. The van der Waals surface area contributed by atoms with Crippen molar-refractivity contribution in [2.75, 3.05) is 25.1 Å². The molecule has 0 spiro atoms. The molecule has 5 rings (SSSR count). The Labute approximate surface area is 194 Å². The first-order valence-electron chi connectivity index (χ1n) is 10.7. The van der Waals surface area contributed by atoms with Crippen molar-refractivity contribution in [1.82, 2.24) is 23.8 Å². The normalized spacial score (nSPS) is 20.4. The first-order chi connectivity index (χ1) is 15.9. The topological polar surface area (TPSA) is 93.4 Å². The summed E-state index contributed by atoms with van der Waals surface area (Å²) in [7, 11) is 1.52. The van der Waals surface area contributed by atoms with Gasteiger partial charge in [0.25, 0.3) is 11.8 Å². The number of amides is 2. The molecule has 0 aliphatic carbocycles. The van der Waals surface area contributed by atoms with Crippen LogP contribution in [0, 0.1) is 12.7 Å². The molecule has 0 bridgehead atoms. The maximum absolute atomic E-state index is 13.4. The molecular weight excluding hydrogens is 447 g/mol. The number of fused-ring (bicyclic) bond motifs is 1. The van der Waals surface area contributed by atoms with E-state index < -0.39 is 11.9 Å². The Kier molecular flexibility index (Phi) is 5.45. The summed E-state index contributed by atoms with van der Waals surface area (Å²) in [5, 5.41) is 0.667. The summed E-state index contributed by atoms with van der Waals surface area (Å²) in [6.07, 6.45) is 0.0621. The molecule has 2 amide bonds. The number of imidazole rings is 1. The van der Waals surface area contributed by atoms with Gasteiger partial charge >= 0.3 is 0 Å². The lowest BCUT2D eigenvalue weighted by Gasteiger charge is -2.36. The summed E-state index contributed by atoms with van der Waals surface area (Å²) >= 11 is 1.26. The molecule has 1 fully saturated rings. The number of carbonyl (C=O) groups excluding carboxylic acids is 2. The number of aryl methyl sites for hydroxylation is 1. The Morgan fingerprint density at radius 2 is 1.94 bits per heavy atom. The zero-order valence-electron chi connectivity index (χ0n) is 18.5. The summed E-state index contributed by atoms with van der Waals surface area (Å²) in [6.45, 7) is 5.15. The Hall–Kier alpha value is -3.18. The highest BCUT2D eigenvalue weighted by Gasteiger charge is 2.41. The number of methoxy groups -OCH3 is 1. The number of hydrogen-bond donors (Lipinski definition) is 0. The first-order valence-corrected chi connectivity index (χ1v) is 11.5. The highest BCUT2D eigenvalue weighted by Crippen LogP contribution is 2.39. The number of aromatic nitrogens is 4. The van der Waals surface area contributed by atoms with Crippen LogP contribution in [0.15, 0.2) is 24.3 Å². The number of hydrogen-bond acceptors (Lipinski definition) is 7. The summed E-state index contributed by atoms with van der Waals surface area (Å²) < 4.78 is 25.0. The molecular formula is C22H23FN6O3S. The fraction of sp³-hybridized carbons (Fsp3) is 0.409. The maximum Gasteiger partial charge on any atom is 0.257 e. The third-order valence-corrected chi connectivity index (χ3v) is 6.98. The highest BCUT2D eigenvalue weighted by molar-refractivity contribution is 7.09. The van der Waals surface area contributed by atoms with E-state index >= 15 is 0 Å². The van der Waals surface area contributed by atoms with Crippen LogP contribution < -0.4 is 4.90 Å². The van der Waals surface area contributed by atoms with E-state index in [1.54, 1.807) is 9.80 Å². The first kappa shape index (κ1) is 21.7. The van der Waals surface area contributed by atoms with E-state index in [1.807, 2.05) is 18.4 Å². The molecule has 1 saturated heterocycles. The van der Waals surface area contributed by atoms with Crippen molar-refractivity contribution in [2.45, 2.75) is 39.0 Å². The number of benzene rings is 1. The lowest BCUT2D eigenvalue weighted by molar-refractivity contribution is -0.125. The molecule has 1 aromatic carbocycles. The molecule has 0 N–H and O–H groups in total. The van der Waals surface area contributed by atoms with Gasteiger partial charge < -0.3 is 14.2 Å². The molecule has 0 unspecified atom stereocenters.